The zero-order chi connectivity index (χ0) is 19.4. The highest BCUT2D eigenvalue weighted by Crippen LogP contribution is 2.41. The lowest BCUT2D eigenvalue weighted by atomic mass is 9.71. The Morgan fingerprint density at radius 2 is 1.80 bits per heavy atom. The largest absolute Gasteiger partial charge is 0.481 e. The molecule has 0 spiro atoms. The van der Waals surface area contributed by atoms with Crippen molar-refractivity contribution in [2.24, 2.45) is 5.92 Å². The van der Waals surface area contributed by atoms with Gasteiger partial charge in [-0.25, -0.2) is 9.59 Å². The molecule has 25 heavy (non-hydrogen) atoms. The molecule has 0 aromatic rings. The van der Waals surface area contributed by atoms with Gasteiger partial charge in [-0.3, -0.25) is 14.9 Å². The maximum atomic E-state index is 11.7. The van der Waals surface area contributed by atoms with Crippen LogP contribution in [-0.4, -0.2) is 50.4 Å². The lowest BCUT2D eigenvalue weighted by molar-refractivity contribution is -0.588. The van der Waals surface area contributed by atoms with E-state index >= 15 is 0 Å². The van der Waals surface area contributed by atoms with Gasteiger partial charge < -0.3 is 20.3 Å². The van der Waals surface area contributed by atoms with Gasteiger partial charge in [0.2, 0.25) is 5.54 Å². The summed E-state index contributed by atoms with van der Waals surface area (Å²) < 4.78 is 4.96. The minimum Gasteiger partial charge on any atom is -0.481 e. The Hall–Kier alpha value is -2.39. The fourth-order valence-electron chi connectivity index (χ4n) is 2.73. The van der Waals surface area contributed by atoms with Crippen LogP contribution in [0.4, 0.5) is 4.79 Å². The molecule has 0 aromatic heterocycles. The smallest absolute Gasteiger partial charge is 0.408 e. The maximum absolute atomic E-state index is 11.7. The van der Waals surface area contributed by atoms with E-state index in [2.05, 4.69) is 5.32 Å². The fraction of sp³-hybridized carbons (Fsp3) is 0.800. The molecular formula is C15H24N2O8. The van der Waals surface area contributed by atoms with Crippen molar-refractivity contribution in [2.75, 3.05) is 0 Å². The van der Waals surface area contributed by atoms with Gasteiger partial charge in [0, 0.05) is 24.2 Å². The number of rotatable bonds is 8. The summed E-state index contributed by atoms with van der Waals surface area (Å²) in [6.45, 7) is 4.79. The normalized spacial score (nSPS) is 18.4. The van der Waals surface area contributed by atoms with E-state index in [4.69, 9.17) is 4.74 Å². The van der Waals surface area contributed by atoms with Crippen LogP contribution in [0, 0.1) is 16.0 Å². The first-order valence-corrected chi connectivity index (χ1v) is 7.96. The van der Waals surface area contributed by atoms with Crippen molar-refractivity contribution in [3.8, 4) is 0 Å². The number of aliphatic carboxylic acids is 2. The number of hydrogen-bond acceptors (Lipinski definition) is 6. The fourth-order valence-corrected chi connectivity index (χ4v) is 2.73. The van der Waals surface area contributed by atoms with Crippen LogP contribution in [0.5, 0.6) is 0 Å². The number of ether oxygens (including phenoxy) is 1. The van der Waals surface area contributed by atoms with Crippen LogP contribution in [0.3, 0.4) is 0 Å². The summed E-state index contributed by atoms with van der Waals surface area (Å²) >= 11 is 0. The molecule has 1 fully saturated rings. The quantitative estimate of drug-likeness (QED) is 0.435. The van der Waals surface area contributed by atoms with Crippen molar-refractivity contribution in [1.29, 1.82) is 0 Å². The number of nitrogens with one attached hydrogen (secondary N) is 1. The molecule has 1 aliphatic carbocycles. The summed E-state index contributed by atoms with van der Waals surface area (Å²) in [4.78, 5) is 45.3. The minimum atomic E-state index is -1.51. The third kappa shape index (κ3) is 5.87. The number of hydrogen-bond donors (Lipinski definition) is 3. The van der Waals surface area contributed by atoms with E-state index in [-0.39, 0.29) is 19.3 Å². The Labute approximate surface area is 144 Å². The Morgan fingerprint density at radius 3 is 2.12 bits per heavy atom. The van der Waals surface area contributed by atoms with E-state index in [1.807, 2.05) is 0 Å². The number of amides is 1. The van der Waals surface area contributed by atoms with Gasteiger partial charge in [0.15, 0.2) is 0 Å². The van der Waals surface area contributed by atoms with Gasteiger partial charge in [0.05, 0.1) is 5.92 Å². The molecule has 2 unspecified atom stereocenters. The molecule has 10 heteroatoms. The Morgan fingerprint density at radius 1 is 1.24 bits per heavy atom. The third-order valence-electron chi connectivity index (χ3n) is 4.16. The second kappa shape index (κ2) is 7.66. The molecule has 0 radical (unpaired) electrons. The summed E-state index contributed by atoms with van der Waals surface area (Å²) in [6, 6.07) is -1.51. The van der Waals surface area contributed by atoms with E-state index in [0.29, 0.717) is 6.42 Å². The molecule has 2 atom stereocenters. The van der Waals surface area contributed by atoms with Crippen molar-refractivity contribution in [3.05, 3.63) is 10.1 Å². The Kier molecular flexibility index (Phi) is 6.33. The highest BCUT2D eigenvalue weighted by atomic mass is 16.6. The Bertz CT molecular complexity index is 550. The third-order valence-corrected chi connectivity index (χ3v) is 4.16. The number of carbonyl (C=O) groups excluding carboxylic acids is 1. The van der Waals surface area contributed by atoms with Crippen molar-refractivity contribution >= 4 is 18.0 Å². The summed E-state index contributed by atoms with van der Waals surface area (Å²) in [7, 11) is 0. The van der Waals surface area contributed by atoms with Gasteiger partial charge in [-0.15, -0.1) is 0 Å². The van der Waals surface area contributed by atoms with Gasteiger partial charge in [-0.2, -0.15) is 0 Å². The second-order valence-electron chi connectivity index (χ2n) is 7.35. The predicted molar refractivity (Wildman–Crippen MR) is 84.7 cm³/mol. The summed E-state index contributed by atoms with van der Waals surface area (Å²) in [5.41, 5.74) is -2.17. The average molecular weight is 360 g/mol. The van der Waals surface area contributed by atoms with Crippen LogP contribution in [0.15, 0.2) is 0 Å². The molecule has 1 rings (SSSR count). The molecule has 0 heterocycles. The van der Waals surface area contributed by atoms with Crippen LogP contribution in [0.1, 0.15) is 52.9 Å². The van der Waals surface area contributed by atoms with Crippen molar-refractivity contribution < 1.29 is 34.3 Å². The number of carboxylic acid groups (broad SMARTS) is 2. The van der Waals surface area contributed by atoms with Crippen LogP contribution in [0.2, 0.25) is 0 Å². The highest BCUT2D eigenvalue weighted by molar-refractivity contribution is 5.81. The van der Waals surface area contributed by atoms with Crippen molar-refractivity contribution in [2.45, 2.75) is 70.1 Å². The molecule has 1 aliphatic rings. The lowest BCUT2D eigenvalue weighted by Crippen LogP contribution is -2.50. The van der Waals surface area contributed by atoms with E-state index in [1.165, 1.54) is 0 Å². The van der Waals surface area contributed by atoms with E-state index in [9.17, 15) is 34.7 Å². The van der Waals surface area contributed by atoms with Crippen LogP contribution >= 0.6 is 0 Å². The molecule has 0 aromatic carbocycles. The maximum Gasteiger partial charge on any atom is 0.408 e. The standard InChI is InChI=1S/C15H24N2O8/c1-14(2,3)25-13(22)16-10(12(20)21)7-9(11(18)19)8-15(17(23)24)5-4-6-15/h9-10H,4-8H2,1-3H3,(H,16,22)(H,18,19)(H,20,21). The molecule has 0 saturated heterocycles. The van der Waals surface area contributed by atoms with E-state index in [0.717, 1.165) is 0 Å². The van der Waals surface area contributed by atoms with Crippen LogP contribution in [-0.2, 0) is 14.3 Å². The van der Waals surface area contributed by atoms with Crippen LogP contribution < -0.4 is 5.32 Å². The summed E-state index contributed by atoms with van der Waals surface area (Å²) in [5, 5.41) is 31.9. The van der Waals surface area contributed by atoms with Gasteiger partial charge in [-0.05, 0) is 33.6 Å². The molecule has 10 nitrogen and oxygen atoms in total. The zero-order valence-electron chi connectivity index (χ0n) is 14.5. The molecule has 142 valence electrons. The highest BCUT2D eigenvalue weighted by Gasteiger charge is 2.51. The molecular weight excluding hydrogens is 336 g/mol. The average Bonchev–Trinajstić information content (AvgIpc) is 2.36. The SMILES string of the molecule is CC(C)(C)OC(=O)NC(CC(CC1([N+](=O)[O-])CCC1)C(=O)O)C(=O)O. The van der Waals surface area contributed by atoms with Gasteiger partial charge in [-0.1, -0.05) is 0 Å². The van der Waals surface area contributed by atoms with Gasteiger partial charge in [0.1, 0.15) is 11.6 Å². The summed E-state index contributed by atoms with van der Waals surface area (Å²) in [5.74, 6) is -4.02. The van der Waals surface area contributed by atoms with E-state index < -0.39 is 52.5 Å². The lowest BCUT2D eigenvalue weighted by Gasteiger charge is -2.35. The number of carboxylic acids is 2. The number of nitro groups is 1. The molecule has 3 N–H and O–H groups in total. The zero-order valence-corrected chi connectivity index (χ0v) is 14.5. The first-order valence-electron chi connectivity index (χ1n) is 7.96. The molecule has 1 amide bonds. The monoisotopic (exact) mass is 360 g/mol. The molecule has 1 saturated carbocycles. The van der Waals surface area contributed by atoms with Gasteiger partial charge >= 0.3 is 18.0 Å². The number of carbonyl (C=O) groups is 3. The molecule has 0 bridgehead atoms. The topological polar surface area (TPSA) is 156 Å². The first-order chi connectivity index (χ1) is 11.4. The van der Waals surface area contributed by atoms with Crippen molar-refractivity contribution in [1.82, 2.24) is 5.32 Å². The second-order valence-corrected chi connectivity index (χ2v) is 7.35. The van der Waals surface area contributed by atoms with Crippen molar-refractivity contribution in [3.63, 3.8) is 0 Å². The van der Waals surface area contributed by atoms with Gasteiger partial charge in [0.25, 0.3) is 0 Å². The van der Waals surface area contributed by atoms with E-state index in [1.54, 1.807) is 20.8 Å². The Balaban J connectivity index is 2.81. The number of alkyl carbamates (subject to hydrolysis) is 1. The first kappa shape index (κ1) is 20.7. The summed E-state index contributed by atoms with van der Waals surface area (Å²) in [6.07, 6.45) is -0.556. The number of nitrogens with zero attached hydrogens (tertiary/aromatic N) is 1. The van der Waals surface area contributed by atoms with Crippen LogP contribution in [0.25, 0.3) is 0 Å². The molecule has 0 aliphatic heterocycles. The predicted octanol–water partition coefficient (Wildman–Crippen LogP) is 1.64. The minimum absolute atomic E-state index is 0.265.